The monoisotopic (exact) mass is 691 g/mol. The van der Waals surface area contributed by atoms with Crippen molar-refractivity contribution in [2.75, 3.05) is 74.0 Å². The highest BCUT2D eigenvalue weighted by atomic mass is 16.5. The third-order valence-electron chi connectivity index (χ3n) is 10.9. The summed E-state index contributed by atoms with van der Waals surface area (Å²) in [4.78, 5) is 9.20. The molecule has 0 bridgehead atoms. The summed E-state index contributed by atoms with van der Waals surface area (Å²) in [5.41, 5.74) is 12.9. The first-order valence-electron chi connectivity index (χ1n) is 19.4. The Morgan fingerprint density at radius 1 is 0.451 bits per heavy atom. The number of benzene rings is 4. The summed E-state index contributed by atoms with van der Waals surface area (Å²) in [6.45, 7) is 22.1. The molecule has 0 saturated carbocycles. The number of rotatable bonds is 18. The molecule has 0 aromatic heterocycles. The molecule has 0 spiro atoms. The predicted octanol–water partition coefficient (Wildman–Crippen LogP) is 10.7. The van der Waals surface area contributed by atoms with Crippen molar-refractivity contribution in [1.82, 2.24) is 0 Å². The van der Waals surface area contributed by atoms with Crippen LogP contribution in [0.1, 0.15) is 99.6 Å². The van der Waals surface area contributed by atoms with Gasteiger partial charge in [0.25, 0.3) is 0 Å². The third-order valence-corrected chi connectivity index (χ3v) is 10.9. The number of anilines is 4. The molecule has 0 fully saturated rings. The Kier molecular flexibility index (Phi) is 14.4. The maximum atomic E-state index is 7.55. The highest BCUT2D eigenvalue weighted by Gasteiger charge is 2.33. The fraction of sp³-hybridized carbons (Fsp3) is 0.478. The molecule has 0 amide bonds. The lowest BCUT2D eigenvalue weighted by molar-refractivity contribution is -0.0316. The molecule has 0 saturated heterocycles. The van der Waals surface area contributed by atoms with Crippen LogP contribution in [-0.4, -0.2) is 66.6 Å². The molecular weight excluding hydrogens is 625 g/mol. The highest BCUT2D eigenvalue weighted by Crippen LogP contribution is 2.41. The zero-order chi connectivity index (χ0) is 37.2. The Bertz CT molecular complexity index is 1510. The molecule has 5 nitrogen and oxygen atoms in total. The van der Waals surface area contributed by atoms with Gasteiger partial charge in [0.15, 0.2) is 0 Å². The van der Waals surface area contributed by atoms with Gasteiger partial charge in [0.05, 0.1) is 12.2 Å². The minimum Gasteiger partial charge on any atom is -0.378 e. The Morgan fingerprint density at radius 2 is 0.765 bits per heavy atom. The lowest BCUT2D eigenvalue weighted by Gasteiger charge is -2.36. The van der Waals surface area contributed by atoms with Gasteiger partial charge in [0.2, 0.25) is 0 Å². The van der Waals surface area contributed by atoms with E-state index in [-0.39, 0.29) is 24.0 Å². The van der Waals surface area contributed by atoms with Gasteiger partial charge in [-0.2, -0.15) is 0 Å². The highest BCUT2D eigenvalue weighted by molar-refractivity contribution is 5.56. The smallest absolute Gasteiger partial charge is 0.0685 e. The van der Waals surface area contributed by atoms with Crippen LogP contribution in [0.15, 0.2) is 84.9 Å². The maximum Gasteiger partial charge on any atom is 0.0685 e. The van der Waals surface area contributed by atoms with Gasteiger partial charge in [-0.3, -0.25) is 0 Å². The summed E-state index contributed by atoms with van der Waals surface area (Å²) < 4.78 is 7.55. The SMILES string of the molecule is CCC(OC(CC)C(c1ccc(N(C)C)cc1)c1ccc(N(CC)CC)cc1C)C(c1ccc(N(C)C)cc1)c1ccc(N(CC)CC)cc1C. The normalized spacial score (nSPS) is 13.7. The molecular formula is C46H66N4O. The van der Waals surface area contributed by atoms with Gasteiger partial charge in [-0.25, -0.2) is 0 Å². The van der Waals surface area contributed by atoms with Gasteiger partial charge in [0.1, 0.15) is 0 Å². The summed E-state index contributed by atoms with van der Waals surface area (Å²) in [7, 11) is 8.42. The van der Waals surface area contributed by atoms with Crippen LogP contribution in [0.5, 0.6) is 0 Å². The van der Waals surface area contributed by atoms with Crippen LogP contribution in [0.4, 0.5) is 22.7 Å². The molecule has 4 aromatic rings. The number of nitrogens with zero attached hydrogens (tertiary/aromatic N) is 4. The van der Waals surface area contributed by atoms with Crippen molar-refractivity contribution in [3.63, 3.8) is 0 Å². The van der Waals surface area contributed by atoms with E-state index in [9.17, 15) is 0 Å². The number of hydrogen-bond donors (Lipinski definition) is 0. The van der Waals surface area contributed by atoms with E-state index in [1.54, 1.807) is 0 Å². The molecule has 0 radical (unpaired) electrons. The first-order chi connectivity index (χ1) is 24.5. The minimum absolute atomic E-state index is 0.0167. The van der Waals surface area contributed by atoms with Crippen molar-refractivity contribution < 1.29 is 4.74 Å². The average molecular weight is 691 g/mol. The number of ether oxygens (including phenoxy) is 1. The minimum atomic E-state index is -0.0167. The van der Waals surface area contributed by atoms with E-state index in [0.29, 0.717) is 0 Å². The molecule has 0 aliphatic carbocycles. The lowest BCUT2D eigenvalue weighted by Crippen LogP contribution is -2.33. The van der Waals surface area contributed by atoms with E-state index in [4.69, 9.17) is 4.74 Å². The van der Waals surface area contributed by atoms with Crippen molar-refractivity contribution in [2.24, 2.45) is 0 Å². The predicted molar refractivity (Wildman–Crippen MR) is 224 cm³/mol. The first-order valence-corrected chi connectivity index (χ1v) is 19.4. The summed E-state index contributed by atoms with van der Waals surface area (Å²) in [6, 6.07) is 32.4. The van der Waals surface area contributed by atoms with Gasteiger partial charge >= 0.3 is 0 Å². The summed E-state index contributed by atoms with van der Waals surface area (Å²) in [6.07, 6.45) is 1.77. The second kappa shape index (κ2) is 18.5. The van der Waals surface area contributed by atoms with E-state index >= 15 is 0 Å². The van der Waals surface area contributed by atoms with Crippen molar-refractivity contribution in [3.05, 3.63) is 118 Å². The van der Waals surface area contributed by atoms with Crippen LogP contribution in [0, 0.1) is 13.8 Å². The topological polar surface area (TPSA) is 22.2 Å². The van der Waals surface area contributed by atoms with Crippen molar-refractivity contribution in [3.8, 4) is 0 Å². The second-order valence-electron chi connectivity index (χ2n) is 14.4. The van der Waals surface area contributed by atoms with Crippen molar-refractivity contribution in [2.45, 2.75) is 92.3 Å². The Balaban J connectivity index is 1.85. The van der Waals surface area contributed by atoms with Crippen LogP contribution in [0.25, 0.3) is 0 Å². The van der Waals surface area contributed by atoms with Gasteiger partial charge in [0, 0.05) is 89.0 Å². The molecule has 0 N–H and O–H groups in total. The first kappa shape index (κ1) is 39.8. The fourth-order valence-corrected chi connectivity index (χ4v) is 7.78. The van der Waals surface area contributed by atoms with Crippen LogP contribution in [0.2, 0.25) is 0 Å². The van der Waals surface area contributed by atoms with E-state index in [2.05, 4.69) is 188 Å². The number of aryl methyl sites for hydroxylation is 2. The standard InChI is InChI=1S/C46H66N4O/c1-13-43(45(35-19-23-37(24-20-35)47(9)10)41-29-27-39(31-33(41)7)49(15-3)16-4)51-44(14-2)46(36-21-25-38(26-22-36)48(11)12)42-30-28-40(32-34(42)8)50(17-5)18-6/h19-32,43-46H,13-18H2,1-12H3. The molecule has 4 aromatic carbocycles. The van der Waals surface area contributed by atoms with Crippen LogP contribution in [-0.2, 0) is 4.74 Å². The molecule has 4 rings (SSSR count). The van der Waals surface area contributed by atoms with Gasteiger partial charge in [-0.15, -0.1) is 0 Å². The summed E-state index contributed by atoms with van der Waals surface area (Å²) in [5, 5.41) is 0. The second-order valence-corrected chi connectivity index (χ2v) is 14.4. The molecule has 0 aliphatic rings. The zero-order valence-electron chi connectivity index (χ0n) is 33.8. The molecule has 0 aliphatic heterocycles. The van der Waals surface area contributed by atoms with E-state index < -0.39 is 0 Å². The Morgan fingerprint density at radius 3 is 1.02 bits per heavy atom. The van der Waals surface area contributed by atoms with Crippen molar-refractivity contribution in [1.29, 1.82) is 0 Å². The zero-order valence-corrected chi connectivity index (χ0v) is 33.8. The van der Waals surface area contributed by atoms with Gasteiger partial charge in [-0.1, -0.05) is 50.2 Å². The molecule has 0 heterocycles. The van der Waals surface area contributed by atoms with E-state index in [0.717, 1.165) is 39.0 Å². The van der Waals surface area contributed by atoms with Crippen LogP contribution in [0.3, 0.4) is 0 Å². The average Bonchev–Trinajstić information content (AvgIpc) is 3.13. The molecule has 4 atom stereocenters. The maximum absolute atomic E-state index is 7.55. The molecule has 4 unspecified atom stereocenters. The number of hydrogen-bond acceptors (Lipinski definition) is 5. The Hall–Kier alpha value is -3.96. The molecule has 5 heteroatoms. The summed E-state index contributed by atoms with van der Waals surface area (Å²) in [5.74, 6) is 0.183. The van der Waals surface area contributed by atoms with Crippen molar-refractivity contribution >= 4 is 22.7 Å². The third kappa shape index (κ3) is 9.29. The summed E-state index contributed by atoms with van der Waals surface area (Å²) >= 11 is 0. The van der Waals surface area contributed by atoms with Crippen LogP contribution < -0.4 is 19.6 Å². The van der Waals surface area contributed by atoms with E-state index in [1.807, 2.05) is 0 Å². The quantitative estimate of drug-likeness (QED) is 0.103. The molecule has 51 heavy (non-hydrogen) atoms. The van der Waals surface area contributed by atoms with E-state index in [1.165, 1.54) is 56.1 Å². The van der Waals surface area contributed by atoms with Gasteiger partial charge in [-0.05, 0) is 136 Å². The largest absolute Gasteiger partial charge is 0.378 e. The fourth-order valence-electron chi connectivity index (χ4n) is 7.78. The van der Waals surface area contributed by atoms with Crippen LogP contribution >= 0.6 is 0 Å². The lowest BCUT2D eigenvalue weighted by atomic mass is 9.81. The molecule has 276 valence electrons. The Labute approximate surface area is 311 Å². The van der Waals surface area contributed by atoms with Gasteiger partial charge < -0.3 is 24.3 Å².